The Kier molecular flexibility index (Phi) is 3.91. The van der Waals surface area contributed by atoms with E-state index in [0.29, 0.717) is 24.6 Å². The zero-order valence-corrected chi connectivity index (χ0v) is 11.8. The van der Waals surface area contributed by atoms with Crippen LogP contribution in [0.25, 0.3) is 0 Å². The molecule has 1 aliphatic rings. The van der Waals surface area contributed by atoms with Gasteiger partial charge in [0.05, 0.1) is 18.0 Å². The van der Waals surface area contributed by atoms with E-state index in [-0.39, 0.29) is 17.6 Å². The van der Waals surface area contributed by atoms with Crippen molar-refractivity contribution >= 4 is 17.5 Å². The van der Waals surface area contributed by atoms with Gasteiger partial charge in [0.25, 0.3) is 0 Å². The van der Waals surface area contributed by atoms with Crippen LogP contribution in [0.4, 0.5) is 11.5 Å². The molecule has 0 aliphatic carbocycles. The Morgan fingerprint density at radius 1 is 1.55 bits per heavy atom. The third kappa shape index (κ3) is 2.45. The van der Waals surface area contributed by atoms with Gasteiger partial charge in [-0.15, -0.1) is 0 Å². The Bertz CT molecular complexity index is 540. The number of piperidine rings is 1. The first-order valence-corrected chi connectivity index (χ1v) is 6.46. The molecule has 1 saturated heterocycles. The van der Waals surface area contributed by atoms with E-state index in [1.165, 1.54) is 11.8 Å². The van der Waals surface area contributed by atoms with Gasteiger partial charge in [-0.2, -0.15) is 5.10 Å². The van der Waals surface area contributed by atoms with Crippen molar-refractivity contribution in [3.8, 4) is 0 Å². The van der Waals surface area contributed by atoms with Crippen LogP contribution in [0.15, 0.2) is 0 Å². The van der Waals surface area contributed by atoms with Crippen LogP contribution >= 0.6 is 0 Å². The van der Waals surface area contributed by atoms with Gasteiger partial charge in [0.1, 0.15) is 5.69 Å². The van der Waals surface area contributed by atoms with Crippen LogP contribution < -0.4 is 4.90 Å². The molecular weight excluding hydrogens is 264 g/mol. The molecule has 1 aliphatic heterocycles. The van der Waals surface area contributed by atoms with Crippen LogP contribution in [0.3, 0.4) is 0 Å². The minimum atomic E-state index is -0.417. The molecule has 1 aromatic heterocycles. The van der Waals surface area contributed by atoms with E-state index in [1.54, 1.807) is 14.0 Å². The molecule has 0 spiro atoms. The minimum absolute atomic E-state index is 0.0121. The molecule has 0 unspecified atom stereocenters. The van der Waals surface area contributed by atoms with Crippen LogP contribution in [0.1, 0.15) is 18.5 Å². The summed E-state index contributed by atoms with van der Waals surface area (Å²) in [4.78, 5) is 24.3. The van der Waals surface area contributed by atoms with Gasteiger partial charge in [0.15, 0.2) is 0 Å². The molecule has 110 valence electrons. The van der Waals surface area contributed by atoms with Gasteiger partial charge in [0.2, 0.25) is 5.82 Å². The summed E-state index contributed by atoms with van der Waals surface area (Å²) in [6.07, 6.45) is 1.54. The third-order valence-corrected chi connectivity index (χ3v) is 3.60. The van der Waals surface area contributed by atoms with Crippen molar-refractivity contribution in [3.63, 3.8) is 0 Å². The average molecular weight is 282 g/mol. The summed E-state index contributed by atoms with van der Waals surface area (Å²) in [5, 5.41) is 15.3. The molecule has 2 heterocycles. The topological polar surface area (TPSA) is 90.5 Å². The Morgan fingerprint density at radius 3 is 2.85 bits per heavy atom. The number of nitro groups is 1. The molecular formula is C12H18N4O4. The quantitative estimate of drug-likeness (QED) is 0.467. The molecule has 8 heteroatoms. The Balaban J connectivity index is 2.32. The zero-order valence-electron chi connectivity index (χ0n) is 11.8. The van der Waals surface area contributed by atoms with Crippen LogP contribution in [0, 0.1) is 23.0 Å². The monoisotopic (exact) mass is 282 g/mol. The van der Waals surface area contributed by atoms with Gasteiger partial charge in [-0.05, 0) is 19.8 Å². The van der Waals surface area contributed by atoms with Crippen molar-refractivity contribution in [1.82, 2.24) is 9.78 Å². The van der Waals surface area contributed by atoms with Crippen molar-refractivity contribution < 1.29 is 14.5 Å². The number of aromatic nitrogens is 2. The number of methoxy groups -OCH3 is 1. The maximum absolute atomic E-state index is 11.6. The van der Waals surface area contributed by atoms with Gasteiger partial charge >= 0.3 is 11.7 Å². The second-order valence-corrected chi connectivity index (χ2v) is 4.95. The van der Waals surface area contributed by atoms with Gasteiger partial charge in [0, 0.05) is 20.1 Å². The number of ether oxygens (including phenoxy) is 1. The van der Waals surface area contributed by atoms with Gasteiger partial charge in [-0.25, -0.2) is 4.68 Å². The first-order chi connectivity index (χ1) is 9.45. The maximum atomic E-state index is 11.6. The highest BCUT2D eigenvalue weighted by Crippen LogP contribution is 2.33. The lowest BCUT2D eigenvalue weighted by molar-refractivity contribution is -0.384. The Morgan fingerprint density at radius 2 is 2.25 bits per heavy atom. The fourth-order valence-corrected chi connectivity index (χ4v) is 2.73. The highest BCUT2D eigenvalue weighted by molar-refractivity contribution is 5.74. The summed E-state index contributed by atoms with van der Waals surface area (Å²) in [6.45, 7) is 2.71. The molecule has 0 amide bonds. The second-order valence-electron chi connectivity index (χ2n) is 4.95. The predicted molar refractivity (Wildman–Crippen MR) is 71.6 cm³/mol. The first-order valence-electron chi connectivity index (χ1n) is 6.46. The molecule has 1 atom stereocenters. The number of aryl methyl sites for hydroxylation is 2. The van der Waals surface area contributed by atoms with Crippen molar-refractivity contribution in [3.05, 3.63) is 15.8 Å². The second kappa shape index (κ2) is 5.48. The molecule has 0 N–H and O–H groups in total. The minimum Gasteiger partial charge on any atom is -0.469 e. The van der Waals surface area contributed by atoms with Gasteiger partial charge < -0.3 is 9.64 Å². The Labute approximate surface area is 116 Å². The smallest absolute Gasteiger partial charge is 0.333 e. The summed E-state index contributed by atoms with van der Waals surface area (Å²) in [5.41, 5.74) is 0.394. The number of hydrogen-bond acceptors (Lipinski definition) is 6. The van der Waals surface area contributed by atoms with Crippen LogP contribution in [-0.4, -0.2) is 40.9 Å². The molecule has 20 heavy (non-hydrogen) atoms. The van der Waals surface area contributed by atoms with E-state index < -0.39 is 4.92 Å². The standard InChI is InChI=1S/C12H18N4O4/c1-8-10(16(18)19)11(14(2)13-8)15-6-4-5-9(7-15)12(17)20-3/h9H,4-7H2,1-3H3/t9-/m1/s1. The molecule has 1 fully saturated rings. The molecule has 2 rings (SSSR count). The summed E-state index contributed by atoms with van der Waals surface area (Å²) in [7, 11) is 3.04. The molecule has 0 saturated carbocycles. The highest BCUT2D eigenvalue weighted by atomic mass is 16.6. The highest BCUT2D eigenvalue weighted by Gasteiger charge is 2.33. The van der Waals surface area contributed by atoms with Crippen molar-refractivity contribution in [2.45, 2.75) is 19.8 Å². The zero-order chi connectivity index (χ0) is 14.9. The maximum Gasteiger partial charge on any atom is 0.333 e. The van der Waals surface area contributed by atoms with Crippen LogP contribution in [-0.2, 0) is 16.6 Å². The van der Waals surface area contributed by atoms with Crippen molar-refractivity contribution in [2.24, 2.45) is 13.0 Å². The largest absolute Gasteiger partial charge is 0.469 e. The SMILES string of the molecule is COC(=O)[C@@H]1CCCN(c2c([N+](=O)[O-])c(C)nn2C)C1. The fourth-order valence-electron chi connectivity index (χ4n) is 2.73. The fraction of sp³-hybridized carbons (Fsp3) is 0.667. The predicted octanol–water partition coefficient (Wildman–Crippen LogP) is 1.03. The van der Waals surface area contributed by atoms with E-state index in [4.69, 9.17) is 4.74 Å². The van der Waals surface area contributed by atoms with Crippen molar-refractivity contribution in [1.29, 1.82) is 0 Å². The van der Waals surface area contributed by atoms with Crippen LogP contribution in [0.2, 0.25) is 0 Å². The molecule has 8 nitrogen and oxygen atoms in total. The number of hydrogen-bond donors (Lipinski definition) is 0. The molecule has 1 aromatic rings. The van der Waals surface area contributed by atoms with E-state index in [0.717, 1.165) is 12.8 Å². The average Bonchev–Trinajstić information content (AvgIpc) is 2.72. The molecule has 0 radical (unpaired) electrons. The third-order valence-electron chi connectivity index (χ3n) is 3.60. The molecule has 0 bridgehead atoms. The number of rotatable bonds is 3. The summed E-state index contributed by atoms with van der Waals surface area (Å²) in [5.74, 6) is -0.0547. The normalized spacial score (nSPS) is 18.9. The van der Waals surface area contributed by atoms with Gasteiger partial charge in [-0.3, -0.25) is 14.9 Å². The number of carbonyl (C=O) groups excluding carboxylic acids is 1. The lowest BCUT2D eigenvalue weighted by atomic mass is 9.98. The summed E-state index contributed by atoms with van der Waals surface area (Å²) in [6, 6.07) is 0. The van der Waals surface area contributed by atoms with Gasteiger partial charge in [-0.1, -0.05) is 0 Å². The van der Waals surface area contributed by atoms with E-state index in [2.05, 4.69) is 5.10 Å². The summed E-state index contributed by atoms with van der Waals surface area (Å²) >= 11 is 0. The van der Waals surface area contributed by atoms with Crippen LogP contribution in [0.5, 0.6) is 0 Å². The lowest BCUT2D eigenvalue weighted by Gasteiger charge is -2.32. The number of carbonyl (C=O) groups is 1. The van der Waals surface area contributed by atoms with Crippen molar-refractivity contribution in [2.75, 3.05) is 25.1 Å². The number of nitrogens with zero attached hydrogens (tertiary/aromatic N) is 4. The number of esters is 1. The van der Waals surface area contributed by atoms with E-state index in [1.807, 2.05) is 4.90 Å². The lowest BCUT2D eigenvalue weighted by Crippen LogP contribution is -2.40. The van der Waals surface area contributed by atoms with E-state index in [9.17, 15) is 14.9 Å². The summed E-state index contributed by atoms with van der Waals surface area (Å²) < 4.78 is 6.27. The number of anilines is 1. The first kappa shape index (κ1) is 14.3. The molecule has 0 aromatic carbocycles. The van der Waals surface area contributed by atoms with E-state index >= 15 is 0 Å². The Hall–Kier alpha value is -2.12.